The summed E-state index contributed by atoms with van der Waals surface area (Å²) in [4.78, 5) is 22.4. The van der Waals surface area contributed by atoms with Crippen LogP contribution in [0.15, 0.2) is 12.1 Å². The van der Waals surface area contributed by atoms with Crippen LogP contribution in [0, 0.1) is 23.5 Å². The number of rotatable bonds is 4. The van der Waals surface area contributed by atoms with Gasteiger partial charge in [-0.15, -0.1) is 11.8 Å². The quantitative estimate of drug-likeness (QED) is 0.585. The van der Waals surface area contributed by atoms with Crippen molar-refractivity contribution in [2.45, 2.75) is 13.3 Å². The summed E-state index contributed by atoms with van der Waals surface area (Å²) in [5.74, 6) is 1.33. The predicted molar refractivity (Wildman–Crippen MR) is 68.4 cm³/mol. The van der Waals surface area contributed by atoms with Crippen LogP contribution in [-0.4, -0.2) is 23.7 Å². The second-order valence-corrected chi connectivity index (χ2v) is 3.67. The van der Waals surface area contributed by atoms with Gasteiger partial charge in [0.05, 0.1) is 11.3 Å². The van der Waals surface area contributed by atoms with Crippen molar-refractivity contribution in [3.63, 3.8) is 0 Å². The lowest BCUT2D eigenvalue weighted by Crippen LogP contribution is -2.30. The van der Waals surface area contributed by atoms with Crippen LogP contribution >= 0.6 is 0 Å². The van der Waals surface area contributed by atoms with Gasteiger partial charge in [-0.25, -0.2) is 18.4 Å². The van der Waals surface area contributed by atoms with E-state index in [1.54, 1.807) is 6.92 Å². The van der Waals surface area contributed by atoms with E-state index in [1.165, 1.54) is 0 Å². The van der Waals surface area contributed by atoms with E-state index in [2.05, 4.69) is 22.5 Å². The lowest BCUT2D eigenvalue weighted by atomic mass is 10.1. The fourth-order valence-electron chi connectivity index (χ4n) is 1.36. The smallest absolute Gasteiger partial charge is 0.337 e. The molecule has 0 aromatic heterocycles. The van der Waals surface area contributed by atoms with Crippen LogP contribution in [0.5, 0.6) is 0 Å². The molecule has 0 heterocycles. The summed E-state index contributed by atoms with van der Waals surface area (Å²) < 4.78 is 26.0. The molecular weight excluding hydrogens is 270 g/mol. The van der Waals surface area contributed by atoms with E-state index in [9.17, 15) is 18.4 Å². The molecule has 20 heavy (non-hydrogen) atoms. The second-order valence-electron chi connectivity index (χ2n) is 3.67. The largest absolute Gasteiger partial charge is 0.478 e. The molecule has 0 saturated carbocycles. The average Bonchev–Trinajstić information content (AvgIpc) is 2.38. The number of amides is 2. The molecule has 0 aliphatic rings. The topological polar surface area (TPSA) is 78.4 Å². The Hall–Kier alpha value is -2.62. The van der Waals surface area contributed by atoms with Crippen LogP contribution in [0.2, 0.25) is 0 Å². The third kappa shape index (κ3) is 4.24. The van der Waals surface area contributed by atoms with Crippen LogP contribution in [0.25, 0.3) is 0 Å². The molecular formula is C13H12F2N2O3. The molecule has 0 bridgehead atoms. The molecule has 2 amide bonds. The van der Waals surface area contributed by atoms with E-state index in [0.717, 1.165) is 0 Å². The van der Waals surface area contributed by atoms with Crippen LogP contribution in [0.3, 0.4) is 0 Å². The van der Waals surface area contributed by atoms with Gasteiger partial charge in [0.25, 0.3) is 0 Å². The third-order valence-electron chi connectivity index (χ3n) is 2.25. The lowest BCUT2D eigenvalue weighted by molar-refractivity contribution is 0.0697. The molecule has 0 unspecified atom stereocenters. The van der Waals surface area contributed by atoms with Crippen molar-refractivity contribution < 1.29 is 23.5 Å². The molecule has 1 aromatic rings. The molecule has 3 N–H and O–H groups in total. The number of carbonyl (C=O) groups is 2. The molecule has 1 aromatic carbocycles. The Morgan fingerprint density at radius 3 is 2.55 bits per heavy atom. The fourth-order valence-corrected chi connectivity index (χ4v) is 1.36. The van der Waals surface area contributed by atoms with E-state index in [-0.39, 0.29) is 12.2 Å². The first kappa shape index (κ1) is 15.4. The van der Waals surface area contributed by atoms with Crippen LogP contribution < -0.4 is 10.6 Å². The summed E-state index contributed by atoms with van der Waals surface area (Å²) in [7, 11) is 0. The maximum atomic E-state index is 13.1. The van der Waals surface area contributed by atoms with Crippen molar-refractivity contribution in [2.24, 2.45) is 0 Å². The monoisotopic (exact) mass is 282 g/mol. The summed E-state index contributed by atoms with van der Waals surface area (Å²) in [5.41, 5.74) is -0.858. The molecule has 0 atom stereocenters. The van der Waals surface area contributed by atoms with Gasteiger partial charge in [0.1, 0.15) is 0 Å². The van der Waals surface area contributed by atoms with Gasteiger partial charge in [-0.3, -0.25) is 0 Å². The molecule has 0 spiro atoms. The first-order valence-corrected chi connectivity index (χ1v) is 5.62. The van der Waals surface area contributed by atoms with Gasteiger partial charge in [0.2, 0.25) is 0 Å². The number of anilines is 1. The van der Waals surface area contributed by atoms with Crippen LogP contribution in [0.4, 0.5) is 19.3 Å². The molecule has 0 aliphatic carbocycles. The highest BCUT2D eigenvalue weighted by Crippen LogP contribution is 2.20. The maximum absolute atomic E-state index is 13.1. The first-order chi connectivity index (χ1) is 9.45. The van der Waals surface area contributed by atoms with E-state index in [4.69, 9.17) is 5.11 Å². The highest BCUT2D eigenvalue weighted by atomic mass is 19.2. The van der Waals surface area contributed by atoms with Gasteiger partial charge >= 0.3 is 12.0 Å². The predicted octanol–water partition coefficient (Wildman–Crippen LogP) is 2.20. The molecule has 0 fully saturated rings. The van der Waals surface area contributed by atoms with E-state index >= 15 is 0 Å². The summed E-state index contributed by atoms with van der Waals surface area (Å²) in [6, 6.07) is 0.400. The Morgan fingerprint density at radius 2 is 1.95 bits per heavy atom. The molecule has 5 nitrogen and oxygen atoms in total. The number of benzene rings is 1. The van der Waals surface area contributed by atoms with Crippen molar-refractivity contribution in [3.05, 3.63) is 29.3 Å². The van der Waals surface area contributed by atoms with Gasteiger partial charge in [-0.2, -0.15) is 0 Å². The van der Waals surface area contributed by atoms with Gasteiger partial charge < -0.3 is 15.7 Å². The van der Waals surface area contributed by atoms with Crippen molar-refractivity contribution >= 4 is 17.7 Å². The van der Waals surface area contributed by atoms with Gasteiger partial charge in [-0.1, -0.05) is 0 Å². The summed E-state index contributed by atoms with van der Waals surface area (Å²) in [6.07, 6.45) is 0.424. The van der Waals surface area contributed by atoms with Crippen molar-refractivity contribution in [3.8, 4) is 11.8 Å². The highest BCUT2D eigenvalue weighted by Gasteiger charge is 2.16. The van der Waals surface area contributed by atoms with E-state index in [0.29, 0.717) is 18.6 Å². The standard InChI is InChI=1S/C13H12F2N2O3/c1-2-3-4-5-16-13(20)17-11-7-10(15)9(14)6-8(11)12(18)19/h6-7H,4-5H2,1H3,(H,18,19)(H2,16,17,20). The summed E-state index contributed by atoms with van der Waals surface area (Å²) in [5, 5.41) is 13.4. The molecule has 106 valence electrons. The number of carbonyl (C=O) groups excluding carboxylic acids is 1. The number of halogens is 2. The molecule has 1 rings (SSSR count). The van der Waals surface area contributed by atoms with Gasteiger partial charge in [0, 0.05) is 19.0 Å². The fraction of sp³-hybridized carbons (Fsp3) is 0.231. The minimum absolute atomic E-state index is 0.249. The van der Waals surface area contributed by atoms with Crippen molar-refractivity contribution in [1.82, 2.24) is 5.32 Å². The summed E-state index contributed by atoms with van der Waals surface area (Å²) >= 11 is 0. The van der Waals surface area contributed by atoms with Crippen molar-refractivity contribution in [1.29, 1.82) is 0 Å². The number of hydrogen-bond donors (Lipinski definition) is 3. The average molecular weight is 282 g/mol. The zero-order valence-corrected chi connectivity index (χ0v) is 10.6. The number of aromatic carboxylic acids is 1. The zero-order valence-electron chi connectivity index (χ0n) is 10.6. The van der Waals surface area contributed by atoms with E-state index in [1.807, 2.05) is 0 Å². The Morgan fingerprint density at radius 1 is 1.30 bits per heavy atom. The third-order valence-corrected chi connectivity index (χ3v) is 2.25. The second kappa shape index (κ2) is 7.09. The zero-order chi connectivity index (χ0) is 15.1. The number of carboxylic acid groups (broad SMARTS) is 1. The maximum Gasteiger partial charge on any atom is 0.337 e. The van der Waals surface area contributed by atoms with Crippen LogP contribution in [0.1, 0.15) is 23.7 Å². The minimum atomic E-state index is -1.48. The number of nitrogens with one attached hydrogen (secondary N) is 2. The molecule has 0 aliphatic heterocycles. The lowest BCUT2D eigenvalue weighted by Gasteiger charge is -2.09. The number of urea groups is 1. The van der Waals surface area contributed by atoms with Gasteiger partial charge in [0.15, 0.2) is 11.6 Å². The van der Waals surface area contributed by atoms with Gasteiger partial charge in [-0.05, 0) is 13.0 Å². The number of carboxylic acids is 1. The highest BCUT2D eigenvalue weighted by molar-refractivity contribution is 6.00. The van der Waals surface area contributed by atoms with Crippen molar-refractivity contribution in [2.75, 3.05) is 11.9 Å². The summed E-state index contributed by atoms with van der Waals surface area (Å²) in [6.45, 7) is 1.90. The number of hydrogen-bond acceptors (Lipinski definition) is 2. The first-order valence-electron chi connectivity index (χ1n) is 5.62. The van der Waals surface area contributed by atoms with Crippen LogP contribution in [-0.2, 0) is 0 Å². The Bertz CT molecular complexity index is 591. The molecule has 0 saturated heterocycles. The normalized spacial score (nSPS) is 9.35. The van der Waals surface area contributed by atoms with E-state index < -0.39 is 29.2 Å². The Balaban J connectivity index is 2.80. The molecule has 7 heteroatoms. The Labute approximate surface area is 114 Å². The Kier molecular flexibility index (Phi) is 5.47. The SMILES string of the molecule is CC#CCCNC(=O)Nc1cc(F)c(F)cc1C(=O)O. The minimum Gasteiger partial charge on any atom is -0.478 e. The molecule has 0 radical (unpaired) electrons.